The molecule has 0 fully saturated rings. The largest absolute Gasteiger partial charge is 0.381 e. The normalized spacial score (nSPS) is 13.3. The molecule has 0 spiro atoms. The Bertz CT molecular complexity index is 566. The first-order valence-corrected chi connectivity index (χ1v) is 6.91. The molecule has 3 rings (SSSR count). The molecule has 1 aliphatic heterocycles. The number of hydrogen-bond acceptors (Lipinski definition) is 4. The molecule has 0 atom stereocenters. The standard InChI is InChI=1S/C16H20N4/c17-7-11-1-3-15-13(5-11)9-20-16-4-2-12(8-18)6-14(16)10-19-15/h1-6,19-20H,7-10,17-18H2. The third-order valence-corrected chi connectivity index (χ3v) is 3.75. The van der Waals surface area contributed by atoms with Crippen LogP contribution in [0.5, 0.6) is 0 Å². The van der Waals surface area contributed by atoms with E-state index in [9.17, 15) is 0 Å². The first kappa shape index (κ1) is 13.0. The van der Waals surface area contributed by atoms with Crippen LogP contribution in [0.4, 0.5) is 11.4 Å². The van der Waals surface area contributed by atoms with Gasteiger partial charge in [-0.25, -0.2) is 0 Å². The highest BCUT2D eigenvalue weighted by Crippen LogP contribution is 2.26. The molecule has 4 nitrogen and oxygen atoms in total. The van der Waals surface area contributed by atoms with Gasteiger partial charge in [-0.15, -0.1) is 0 Å². The Balaban J connectivity index is 1.91. The summed E-state index contributed by atoms with van der Waals surface area (Å²) >= 11 is 0. The average Bonchev–Trinajstić information content (AvgIpc) is 2.49. The smallest absolute Gasteiger partial charge is 0.0421 e. The summed E-state index contributed by atoms with van der Waals surface area (Å²) in [5.74, 6) is 0. The molecule has 0 saturated carbocycles. The zero-order valence-electron chi connectivity index (χ0n) is 11.4. The predicted molar refractivity (Wildman–Crippen MR) is 83.3 cm³/mol. The van der Waals surface area contributed by atoms with Crippen LogP contribution in [-0.4, -0.2) is 0 Å². The van der Waals surface area contributed by atoms with Gasteiger partial charge < -0.3 is 22.1 Å². The molecule has 0 bridgehead atoms. The van der Waals surface area contributed by atoms with Crippen molar-refractivity contribution in [3.63, 3.8) is 0 Å². The fourth-order valence-electron chi connectivity index (χ4n) is 2.57. The van der Waals surface area contributed by atoms with Crippen molar-refractivity contribution in [2.24, 2.45) is 11.5 Å². The topological polar surface area (TPSA) is 76.1 Å². The molecule has 2 aromatic rings. The molecule has 0 saturated heterocycles. The Morgan fingerprint density at radius 1 is 0.750 bits per heavy atom. The van der Waals surface area contributed by atoms with E-state index in [4.69, 9.17) is 11.5 Å². The quantitative estimate of drug-likeness (QED) is 0.673. The van der Waals surface area contributed by atoms with Gasteiger partial charge in [0.2, 0.25) is 0 Å². The number of fused-ring (bicyclic) bond motifs is 2. The Hall–Kier alpha value is -2.04. The van der Waals surface area contributed by atoms with Crippen LogP contribution in [-0.2, 0) is 26.2 Å². The van der Waals surface area contributed by atoms with Crippen molar-refractivity contribution < 1.29 is 0 Å². The van der Waals surface area contributed by atoms with Crippen molar-refractivity contribution in [2.45, 2.75) is 26.2 Å². The third-order valence-electron chi connectivity index (χ3n) is 3.75. The second-order valence-corrected chi connectivity index (χ2v) is 5.10. The minimum atomic E-state index is 0.573. The number of benzene rings is 2. The Labute approximate surface area is 119 Å². The molecule has 20 heavy (non-hydrogen) atoms. The summed E-state index contributed by atoms with van der Waals surface area (Å²) in [4.78, 5) is 0. The van der Waals surface area contributed by atoms with Crippen molar-refractivity contribution in [1.29, 1.82) is 0 Å². The molecule has 104 valence electrons. The number of hydrogen-bond donors (Lipinski definition) is 4. The van der Waals surface area contributed by atoms with Crippen molar-refractivity contribution in [3.05, 3.63) is 58.7 Å². The summed E-state index contributed by atoms with van der Waals surface area (Å²) in [7, 11) is 0. The number of anilines is 2. The molecule has 2 aromatic carbocycles. The van der Waals surface area contributed by atoms with E-state index in [0.29, 0.717) is 13.1 Å². The minimum absolute atomic E-state index is 0.573. The van der Waals surface area contributed by atoms with Crippen LogP contribution in [0.2, 0.25) is 0 Å². The molecule has 0 aliphatic carbocycles. The van der Waals surface area contributed by atoms with E-state index < -0.39 is 0 Å². The van der Waals surface area contributed by atoms with E-state index in [1.54, 1.807) is 0 Å². The van der Waals surface area contributed by atoms with Gasteiger partial charge in [-0.3, -0.25) is 0 Å². The molecule has 0 amide bonds. The minimum Gasteiger partial charge on any atom is -0.381 e. The summed E-state index contributed by atoms with van der Waals surface area (Å²) in [5, 5.41) is 7.00. The van der Waals surface area contributed by atoms with Crippen LogP contribution in [0.3, 0.4) is 0 Å². The van der Waals surface area contributed by atoms with Crippen molar-refractivity contribution in [2.75, 3.05) is 10.6 Å². The summed E-state index contributed by atoms with van der Waals surface area (Å²) in [6.07, 6.45) is 0. The maximum absolute atomic E-state index is 5.71. The first-order chi connectivity index (χ1) is 9.80. The zero-order valence-corrected chi connectivity index (χ0v) is 11.4. The Morgan fingerprint density at radius 3 is 1.60 bits per heavy atom. The van der Waals surface area contributed by atoms with Gasteiger partial charge in [-0.1, -0.05) is 24.3 Å². The van der Waals surface area contributed by atoms with Crippen molar-refractivity contribution in [1.82, 2.24) is 0 Å². The van der Waals surface area contributed by atoms with E-state index in [1.807, 2.05) is 0 Å². The average molecular weight is 268 g/mol. The number of nitrogens with two attached hydrogens (primary N) is 2. The van der Waals surface area contributed by atoms with Crippen molar-refractivity contribution in [3.8, 4) is 0 Å². The van der Waals surface area contributed by atoms with Gasteiger partial charge in [-0.05, 0) is 34.4 Å². The lowest BCUT2D eigenvalue weighted by molar-refractivity contribution is 1.01. The Kier molecular flexibility index (Phi) is 3.58. The summed E-state index contributed by atoms with van der Waals surface area (Å²) in [6, 6.07) is 12.7. The summed E-state index contributed by atoms with van der Waals surface area (Å²) in [5.41, 5.74) is 18.6. The lowest BCUT2D eigenvalue weighted by atomic mass is 10.0. The van der Waals surface area contributed by atoms with Crippen molar-refractivity contribution >= 4 is 11.4 Å². The summed E-state index contributed by atoms with van der Waals surface area (Å²) in [6.45, 7) is 2.74. The van der Waals surface area contributed by atoms with Gasteiger partial charge in [0.1, 0.15) is 0 Å². The van der Waals surface area contributed by atoms with Crippen LogP contribution in [0, 0.1) is 0 Å². The highest BCUT2D eigenvalue weighted by Gasteiger charge is 2.11. The van der Waals surface area contributed by atoms with Crippen LogP contribution in [0.15, 0.2) is 36.4 Å². The number of nitrogens with one attached hydrogen (secondary N) is 2. The molecule has 1 heterocycles. The molecule has 6 N–H and O–H groups in total. The molecule has 0 aromatic heterocycles. The molecule has 1 aliphatic rings. The highest BCUT2D eigenvalue weighted by atomic mass is 14.9. The van der Waals surface area contributed by atoms with E-state index >= 15 is 0 Å². The third kappa shape index (κ3) is 2.48. The van der Waals surface area contributed by atoms with Gasteiger partial charge in [-0.2, -0.15) is 0 Å². The first-order valence-electron chi connectivity index (χ1n) is 6.91. The maximum Gasteiger partial charge on any atom is 0.0421 e. The monoisotopic (exact) mass is 268 g/mol. The van der Waals surface area contributed by atoms with Crippen LogP contribution in [0.1, 0.15) is 22.3 Å². The fourth-order valence-corrected chi connectivity index (χ4v) is 2.57. The van der Waals surface area contributed by atoms with E-state index in [-0.39, 0.29) is 0 Å². The van der Waals surface area contributed by atoms with E-state index in [1.165, 1.54) is 22.5 Å². The zero-order chi connectivity index (χ0) is 13.9. The van der Waals surface area contributed by atoms with Gasteiger partial charge in [0.05, 0.1) is 0 Å². The molecular formula is C16H20N4. The van der Waals surface area contributed by atoms with Crippen LogP contribution >= 0.6 is 0 Å². The van der Waals surface area contributed by atoms with Crippen LogP contribution < -0.4 is 22.1 Å². The van der Waals surface area contributed by atoms with Gasteiger partial charge >= 0.3 is 0 Å². The molecule has 0 unspecified atom stereocenters. The van der Waals surface area contributed by atoms with Gasteiger partial charge in [0.25, 0.3) is 0 Å². The van der Waals surface area contributed by atoms with E-state index in [0.717, 1.165) is 24.2 Å². The van der Waals surface area contributed by atoms with Gasteiger partial charge in [0.15, 0.2) is 0 Å². The lowest BCUT2D eigenvalue weighted by Crippen LogP contribution is -2.14. The predicted octanol–water partition coefficient (Wildman–Crippen LogP) is 2.14. The van der Waals surface area contributed by atoms with E-state index in [2.05, 4.69) is 47.0 Å². The highest BCUT2D eigenvalue weighted by molar-refractivity contribution is 5.61. The second kappa shape index (κ2) is 5.53. The fraction of sp³-hybridized carbons (Fsp3) is 0.250. The maximum atomic E-state index is 5.71. The molecular weight excluding hydrogens is 248 g/mol. The SMILES string of the molecule is NCc1ccc2c(c1)CNc1ccc(CN)cc1CN2. The second-order valence-electron chi connectivity index (χ2n) is 5.10. The number of rotatable bonds is 2. The molecule has 0 radical (unpaired) electrons. The van der Waals surface area contributed by atoms with Gasteiger partial charge in [0, 0.05) is 37.6 Å². The van der Waals surface area contributed by atoms with Crippen LogP contribution in [0.25, 0.3) is 0 Å². The lowest BCUT2D eigenvalue weighted by Gasteiger charge is -2.21. The summed E-state index contributed by atoms with van der Waals surface area (Å²) < 4.78 is 0. The Morgan fingerprint density at radius 2 is 1.20 bits per heavy atom. The molecule has 4 heteroatoms.